The first-order valence-electron chi connectivity index (χ1n) is 27.7. The lowest BCUT2D eigenvalue weighted by Crippen LogP contribution is -2.30. The van der Waals surface area contributed by atoms with Crippen LogP contribution < -0.4 is 0 Å². The molecule has 0 aliphatic rings. The van der Waals surface area contributed by atoms with Crippen molar-refractivity contribution in [2.75, 3.05) is 13.2 Å². The lowest BCUT2D eigenvalue weighted by Gasteiger charge is -2.18. The summed E-state index contributed by atoms with van der Waals surface area (Å²) >= 11 is 0. The fraction of sp³-hybridized carbons (Fsp3) is 0.689. The largest absolute Gasteiger partial charge is 0.462 e. The first kappa shape index (κ1) is 63.3. The zero-order valence-electron chi connectivity index (χ0n) is 43.6. The molecular weight excluding hydrogens is 829 g/mol. The molecule has 0 aromatic carbocycles. The van der Waals surface area contributed by atoms with Crippen molar-refractivity contribution in [1.82, 2.24) is 0 Å². The van der Waals surface area contributed by atoms with Crippen molar-refractivity contribution in [2.45, 2.75) is 258 Å². The Bertz CT molecular complexity index is 1350. The van der Waals surface area contributed by atoms with E-state index in [0.29, 0.717) is 19.3 Å². The Kier molecular flexibility index (Phi) is 51.9. The van der Waals surface area contributed by atoms with Crippen LogP contribution in [0, 0.1) is 0 Å². The molecule has 0 saturated heterocycles. The van der Waals surface area contributed by atoms with Gasteiger partial charge in [0.05, 0.1) is 0 Å². The normalized spacial score (nSPS) is 12.8. The van der Waals surface area contributed by atoms with Crippen LogP contribution in [0.25, 0.3) is 0 Å². The molecule has 0 saturated carbocycles. The number of esters is 3. The monoisotopic (exact) mass is 931 g/mol. The third kappa shape index (κ3) is 53.2. The Hall–Kier alpha value is -3.67. The van der Waals surface area contributed by atoms with Gasteiger partial charge in [-0.1, -0.05) is 240 Å². The van der Waals surface area contributed by atoms with Crippen LogP contribution in [-0.2, 0) is 28.6 Å². The third-order valence-electron chi connectivity index (χ3n) is 11.6. The van der Waals surface area contributed by atoms with Crippen molar-refractivity contribution in [3.05, 3.63) is 97.2 Å². The van der Waals surface area contributed by atoms with E-state index in [4.69, 9.17) is 14.2 Å². The number of hydrogen-bond acceptors (Lipinski definition) is 6. The summed E-state index contributed by atoms with van der Waals surface area (Å²) in [6, 6.07) is 0. The highest BCUT2D eigenvalue weighted by atomic mass is 16.6. The van der Waals surface area contributed by atoms with Gasteiger partial charge in [0.2, 0.25) is 0 Å². The maximum Gasteiger partial charge on any atom is 0.306 e. The number of unbranched alkanes of at least 4 members (excludes halogenated alkanes) is 22. The first-order valence-corrected chi connectivity index (χ1v) is 27.7. The Morgan fingerprint density at radius 1 is 0.313 bits per heavy atom. The first-order chi connectivity index (χ1) is 33.0. The van der Waals surface area contributed by atoms with E-state index in [-0.39, 0.29) is 44.0 Å². The van der Waals surface area contributed by atoms with Crippen LogP contribution in [0.2, 0.25) is 0 Å². The number of hydrogen-bond donors (Lipinski definition) is 0. The van der Waals surface area contributed by atoms with E-state index < -0.39 is 6.10 Å². The number of allylic oxidation sites excluding steroid dienone is 16. The maximum atomic E-state index is 12.8. The second-order valence-corrected chi connectivity index (χ2v) is 18.1. The molecule has 1 atom stereocenters. The van der Waals surface area contributed by atoms with Crippen molar-refractivity contribution in [3.63, 3.8) is 0 Å². The van der Waals surface area contributed by atoms with Gasteiger partial charge in [0.25, 0.3) is 0 Å². The smallest absolute Gasteiger partial charge is 0.306 e. The highest BCUT2D eigenvalue weighted by molar-refractivity contribution is 5.71. The molecule has 6 nitrogen and oxygen atoms in total. The van der Waals surface area contributed by atoms with Crippen LogP contribution >= 0.6 is 0 Å². The summed E-state index contributed by atoms with van der Waals surface area (Å²) in [5, 5.41) is 0. The minimum atomic E-state index is -0.826. The van der Waals surface area contributed by atoms with E-state index in [9.17, 15) is 14.4 Å². The highest BCUT2D eigenvalue weighted by Gasteiger charge is 2.19. The van der Waals surface area contributed by atoms with E-state index in [1.54, 1.807) is 0 Å². The van der Waals surface area contributed by atoms with Crippen LogP contribution in [0.5, 0.6) is 0 Å². The van der Waals surface area contributed by atoms with E-state index in [2.05, 4.69) is 118 Å². The Morgan fingerprint density at radius 3 is 0.970 bits per heavy atom. The van der Waals surface area contributed by atoms with Crippen molar-refractivity contribution in [2.24, 2.45) is 0 Å². The summed E-state index contributed by atoms with van der Waals surface area (Å²) in [5.74, 6) is -1.03. The molecule has 0 heterocycles. The SMILES string of the molecule is CC/C=C\C/C=C\C/C=C\C/C=C\C/C=C\CCCC(=O)OC[C@H](COC(=O)CCCCCCCCCCCCCCCCC)OC(=O)CCC/C=C\C/C=C\C/C=C\CCCCCCCC. The summed E-state index contributed by atoms with van der Waals surface area (Å²) in [6.45, 7) is 6.43. The Labute approximate surface area is 413 Å². The average molecular weight is 931 g/mol. The van der Waals surface area contributed by atoms with Crippen molar-refractivity contribution < 1.29 is 28.6 Å². The minimum Gasteiger partial charge on any atom is -0.462 e. The van der Waals surface area contributed by atoms with Gasteiger partial charge in [0.1, 0.15) is 13.2 Å². The predicted octanol–water partition coefficient (Wildman–Crippen LogP) is 18.5. The second kappa shape index (κ2) is 54.9. The fourth-order valence-electron chi connectivity index (χ4n) is 7.44. The molecule has 0 rings (SSSR count). The molecule has 0 spiro atoms. The van der Waals surface area contributed by atoms with Crippen LogP contribution in [0.1, 0.15) is 252 Å². The van der Waals surface area contributed by atoms with E-state index in [1.807, 2.05) is 0 Å². The average Bonchev–Trinajstić information content (AvgIpc) is 3.33. The van der Waals surface area contributed by atoms with Crippen LogP contribution in [0.15, 0.2) is 97.2 Å². The van der Waals surface area contributed by atoms with Gasteiger partial charge >= 0.3 is 17.9 Å². The van der Waals surface area contributed by atoms with E-state index in [0.717, 1.165) is 77.0 Å². The highest BCUT2D eigenvalue weighted by Crippen LogP contribution is 2.15. The van der Waals surface area contributed by atoms with Gasteiger partial charge < -0.3 is 14.2 Å². The van der Waals surface area contributed by atoms with Crippen LogP contribution in [0.4, 0.5) is 0 Å². The van der Waals surface area contributed by atoms with Crippen molar-refractivity contribution in [3.8, 4) is 0 Å². The Morgan fingerprint density at radius 2 is 0.597 bits per heavy atom. The molecule has 0 fully saturated rings. The molecule has 0 aromatic heterocycles. The predicted molar refractivity (Wildman–Crippen MR) is 288 cm³/mol. The van der Waals surface area contributed by atoms with Crippen molar-refractivity contribution >= 4 is 17.9 Å². The summed E-state index contributed by atoms with van der Waals surface area (Å²) in [7, 11) is 0. The number of carbonyl (C=O) groups is 3. The molecule has 0 radical (unpaired) electrons. The molecule has 0 N–H and O–H groups in total. The summed E-state index contributed by atoms with van der Waals surface area (Å²) < 4.78 is 16.7. The Balaban J connectivity index is 4.55. The summed E-state index contributed by atoms with van der Waals surface area (Å²) in [6.07, 6.45) is 72.6. The molecule has 0 bridgehead atoms. The molecule has 382 valence electrons. The topological polar surface area (TPSA) is 78.9 Å². The maximum absolute atomic E-state index is 12.8. The molecule has 0 unspecified atom stereocenters. The van der Waals surface area contributed by atoms with Crippen LogP contribution in [0.3, 0.4) is 0 Å². The van der Waals surface area contributed by atoms with Gasteiger partial charge in [-0.2, -0.15) is 0 Å². The molecular formula is C61H102O6. The van der Waals surface area contributed by atoms with E-state index in [1.165, 1.54) is 122 Å². The minimum absolute atomic E-state index is 0.114. The number of carbonyl (C=O) groups excluding carboxylic acids is 3. The van der Waals surface area contributed by atoms with Gasteiger partial charge in [-0.3, -0.25) is 14.4 Å². The zero-order valence-corrected chi connectivity index (χ0v) is 43.6. The zero-order chi connectivity index (χ0) is 48.6. The standard InChI is InChI=1S/C61H102O6/c1-4-7-10-13-16-19-22-25-28-30-33-36-39-42-45-48-51-54-60(63)66-57-58(56-65-59(62)53-50-47-44-41-38-35-32-27-24-21-18-15-12-9-6-3)67-61(64)55-52-49-46-43-40-37-34-31-29-26-23-20-17-14-11-8-5-2/h7,10,16,19,25-26,28-29,33-34,36-37,42-43,45-46,58H,4-6,8-9,11-15,17-18,20-24,27,30-32,35,38-41,44,47-57H2,1-3H3/b10-7-,19-16-,28-25-,29-26-,36-33-,37-34-,45-42-,46-43-/t58-/m0/s1. The van der Waals surface area contributed by atoms with Crippen molar-refractivity contribution in [1.29, 1.82) is 0 Å². The molecule has 0 aliphatic carbocycles. The van der Waals surface area contributed by atoms with Gasteiger partial charge in [-0.05, 0) is 89.9 Å². The molecule has 0 aromatic rings. The third-order valence-corrected chi connectivity index (χ3v) is 11.6. The number of rotatable bonds is 49. The second-order valence-electron chi connectivity index (χ2n) is 18.1. The lowest BCUT2D eigenvalue weighted by atomic mass is 10.0. The molecule has 6 heteroatoms. The van der Waals surface area contributed by atoms with Gasteiger partial charge in [0, 0.05) is 19.3 Å². The number of ether oxygens (including phenoxy) is 3. The quantitative estimate of drug-likeness (QED) is 0.0262. The van der Waals surface area contributed by atoms with Crippen LogP contribution in [-0.4, -0.2) is 37.2 Å². The van der Waals surface area contributed by atoms with Gasteiger partial charge in [-0.25, -0.2) is 0 Å². The van der Waals surface area contributed by atoms with Gasteiger partial charge in [-0.15, -0.1) is 0 Å². The van der Waals surface area contributed by atoms with Gasteiger partial charge in [0.15, 0.2) is 6.10 Å². The fourth-order valence-corrected chi connectivity index (χ4v) is 7.44. The molecule has 67 heavy (non-hydrogen) atoms. The summed E-state index contributed by atoms with van der Waals surface area (Å²) in [5.41, 5.74) is 0. The lowest BCUT2D eigenvalue weighted by molar-refractivity contribution is -0.167. The molecule has 0 aliphatic heterocycles. The summed E-state index contributed by atoms with van der Waals surface area (Å²) in [4.78, 5) is 38.1. The van der Waals surface area contributed by atoms with E-state index >= 15 is 0 Å². The molecule has 0 amide bonds.